The minimum absolute atomic E-state index is 0.000333. The van der Waals surface area contributed by atoms with Crippen molar-refractivity contribution in [2.24, 2.45) is 0 Å². The molecule has 4 rings (SSSR count). The van der Waals surface area contributed by atoms with E-state index in [1.165, 1.54) is 44.8 Å². The van der Waals surface area contributed by atoms with E-state index in [2.05, 4.69) is 142 Å². The van der Waals surface area contributed by atoms with Gasteiger partial charge in [-0.2, -0.15) is 0 Å². The van der Waals surface area contributed by atoms with Gasteiger partial charge in [0.1, 0.15) is 0 Å². The maximum atomic E-state index is 2.60. The predicted molar refractivity (Wildman–Crippen MR) is 150 cm³/mol. The van der Waals surface area contributed by atoms with E-state index in [4.69, 9.17) is 0 Å². The van der Waals surface area contributed by atoms with Crippen LogP contribution in [0, 0.1) is 0 Å². The van der Waals surface area contributed by atoms with Gasteiger partial charge in [-0.1, -0.05) is 104 Å². The first-order valence-corrected chi connectivity index (χ1v) is 12.7. The quantitative estimate of drug-likeness (QED) is 0.373. The lowest BCUT2D eigenvalue weighted by Gasteiger charge is -2.43. The zero-order valence-corrected chi connectivity index (χ0v) is 23.2. The highest BCUT2D eigenvalue weighted by Crippen LogP contribution is 2.53. The molecular formula is C33H43N. The van der Waals surface area contributed by atoms with Gasteiger partial charge < -0.3 is 4.90 Å². The van der Waals surface area contributed by atoms with Gasteiger partial charge in [0.15, 0.2) is 0 Å². The molecule has 1 heteroatoms. The fraction of sp³-hybridized carbons (Fsp3) is 0.455. The summed E-state index contributed by atoms with van der Waals surface area (Å²) in [5, 5.41) is 0. The summed E-state index contributed by atoms with van der Waals surface area (Å²) >= 11 is 0. The van der Waals surface area contributed by atoms with Crippen LogP contribution >= 0.6 is 0 Å². The van der Waals surface area contributed by atoms with Crippen LogP contribution in [0.2, 0.25) is 0 Å². The van der Waals surface area contributed by atoms with Crippen molar-refractivity contribution >= 4 is 11.4 Å². The molecule has 0 unspecified atom stereocenters. The number of fused-ring (bicyclic) bond motifs is 3. The first kappa shape index (κ1) is 24.6. The summed E-state index contributed by atoms with van der Waals surface area (Å²) in [5.41, 5.74) is 11.0. The lowest BCUT2D eigenvalue weighted by atomic mass is 9.77. The molecule has 0 bridgehead atoms. The largest absolute Gasteiger partial charge is 0.336 e. The molecule has 0 N–H and O–H groups in total. The molecule has 0 aliphatic heterocycles. The maximum absolute atomic E-state index is 2.60. The van der Waals surface area contributed by atoms with Crippen molar-refractivity contribution in [1.82, 2.24) is 0 Å². The van der Waals surface area contributed by atoms with Crippen LogP contribution in [0.25, 0.3) is 11.1 Å². The molecule has 0 amide bonds. The molecule has 0 saturated carbocycles. The van der Waals surface area contributed by atoms with Crippen molar-refractivity contribution in [3.63, 3.8) is 0 Å². The molecule has 0 aromatic heterocycles. The Morgan fingerprint density at radius 1 is 0.559 bits per heavy atom. The lowest BCUT2D eigenvalue weighted by Crippen LogP contribution is -2.40. The van der Waals surface area contributed by atoms with E-state index in [9.17, 15) is 0 Å². The molecule has 0 spiro atoms. The Labute approximate surface area is 208 Å². The topological polar surface area (TPSA) is 3.24 Å². The van der Waals surface area contributed by atoms with E-state index in [0.29, 0.717) is 0 Å². The Hall–Kier alpha value is -2.54. The molecule has 3 aromatic carbocycles. The van der Waals surface area contributed by atoms with E-state index < -0.39 is 0 Å². The zero-order chi connectivity index (χ0) is 25.3. The van der Waals surface area contributed by atoms with Crippen LogP contribution in [0.15, 0.2) is 60.7 Å². The Balaban J connectivity index is 2.10. The normalized spacial score (nSPS) is 15.1. The molecular weight excluding hydrogens is 410 g/mol. The molecule has 34 heavy (non-hydrogen) atoms. The van der Waals surface area contributed by atoms with Gasteiger partial charge in [0, 0.05) is 22.3 Å². The molecule has 0 heterocycles. The average molecular weight is 454 g/mol. The minimum Gasteiger partial charge on any atom is -0.336 e. The summed E-state index contributed by atoms with van der Waals surface area (Å²) in [7, 11) is 0. The van der Waals surface area contributed by atoms with Gasteiger partial charge in [0.2, 0.25) is 0 Å². The minimum atomic E-state index is -0.0940. The summed E-state index contributed by atoms with van der Waals surface area (Å²) in [6.45, 7) is 25.8. The fourth-order valence-electron chi connectivity index (χ4n) is 5.68. The van der Waals surface area contributed by atoms with E-state index in [0.717, 1.165) is 0 Å². The SMILES string of the molecule is CC(C)(C)c1ccccc1N(c1cc2c(cc1C(C)(C)C)C(C)(C)c1ccccc1-2)C(C)(C)C. The summed E-state index contributed by atoms with van der Waals surface area (Å²) in [5.74, 6) is 0. The molecule has 3 aromatic rings. The van der Waals surface area contributed by atoms with E-state index in [-0.39, 0.29) is 21.8 Å². The van der Waals surface area contributed by atoms with Crippen molar-refractivity contribution in [3.05, 3.63) is 82.9 Å². The van der Waals surface area contributed by atoms with Crippen LogP contribution in [0.4, 0.5) is 11.4 Å². The van der Waals surface area contributed by atoms with Crippen LogP contribution in [-0.4, -0.2) is 5.54 Å². The summed E-state index contributed by atoms with van der Waals surface area (Å²) in [6, 6.07) is 23.0. The van der Waals surface area contributed by atoms with E-state index in [1.807, 2.05) is 0 Å². The number of anilines is 2. The summed E-state index contributed by atoms with van der Waals surface area (Å²) in [6.07, 6.45) is 0. The van der Waals surface area contributed by atoms with Gasteiger partial charge in [-0.25, -0.2) is 0 Å². The standard InChI is InChI=1S/C33H43N/c1-30(2,3)25-18-14-15-19-28(25)34(32(7,8)9)29-20-23-22-16-12-13-17-24(22)33(10,11)26(23)21-27(29)31(4,5)6/h12-21H,1-11H3. The molecule has 180 valence electrons. The molecule has 0 fully saturated rings. The van der Waals surface area contributed by atoms with E-state index >= 15 is 0 Å². The molecule has 0 saturated heterocycles. The molecule has 1 aliphatic rings. The van der Waals surface area contributed by atoms with Gasteiger partial charge in [-0.05, 0) is 77.1 Å². The first-order valence-electron chi connectivity index (χ1n) is 12.7. The second kappa shape index (κ2) is 7.74. The van der Waals surface area contributed by atoms with Crippen molar-refractivity contribution in [2.45, 2.75) is 97.9 Å². The van der Waals surface area contributed by atoms with Gasteiger partial charge >= 0.3 is 0 Å². The molecule has 0 radical (unpaired) electrons. The van der Waals surface area contributed by atoms with Crippen LogP contribution in [0.3, 0.4) is 0 Å². The Kier molecular flexibility index (Phi) is 5.59. The number of hydrogen-bond acceptors (Lipinski definition) is 1. The Morgan fingerprint density at radius 2 is 1.12 bits per heavy atom. The monoisotopic (exact) mass is 453 g/mol. The average Bonchev–Trinajstić information content (AvgIpc) is 2.93. The lowest BCUT2D eigenvalue weighted by molar-refractivity contribution is 0.531. The highest BCUT2D eigenvalue weighted by Gasteiger charge is 2.39. The van der Waals surface area contributed by atoms with Crippen molar-refractivity contribution < 1.29 is 0 Å². The van der Waals surface area contributed by atoms with Crippen LogP contribution < -0.4 is 4.90 Å². The number of para-hydroxylation sites is 1. The van der Waals surface area contributed by atoms with Crippen LogP contribution in [0.5, 0.6) is 0 Å². The Bertz CT molecular complexity index is 1220. The fourth-order valence-corrected chi connectivity index (χ4v) is 5.68. The second-order valence-electron chi connectivity index (χ2n) is 13.6. The van der Waals surface area contributed by atoms with Crippen molar-refractivity contribution in [3.8, 4) is 11.1 Å². The van der Waals surface area contributed by atoms with Gasteiger partial charge in [-0.3, -0.25) is 0 Å². The van der Waals surface area contributed by atoms with Crippen molar-refractivity contribution in [2.75, 3.05) is 4.90 Å². The first-order chi connectivity index (χ1) is 15.5. The van der Waals surface area contributed by atoms with Gasteiger partial charge in [-0.15, -0.1) is 0 Å². The maximum Gasteiger partial charge on any atom is 0.0460 e. The van der Waals surface area contributed by atoms with E-state index in [1.54, 1.807) is 0 Å². The van der Waals surface area contributed by atoms with Crippen molar-refractivity contribution in [1.29, 1.82) is 0 Å². The molecule has 0 atom stereocenters. The van der Waals surface area contributed by atoms with Crippen LogP contribution in [0.1, 0.15) is 98.4 Å². The van der Waals surface area contributed by atoms with Crippen LogP contribution in [-0.2, 0) is 16.2 Å². The number of rotatable bonds is 2. The second-order valence-corrected chi connectivity index (χ2v) is 13.6. The number of nitrogens with zero attached hydrogens (tertiary/aromatic N) is 1. The molecule has 1 nitrogen and oxygen atoms in total. The highest BCUT2D eigenvalue weighted by atomic mass is 15.2. The zero-order valence-electron chi connectivity index (χ0n) is 23.2. The highest BCUT2D eigenvalue weighted by molar-refractivity contribution is 5.86. The Morgan fingerprint density at radius 3 is 1.71 bits per heavy atom. The number of benzene rings is 3. The molecule has 1 aliphatic carbocycles. The van der Waals surface area contributed by atoms with Gasteiger partial charge in [0.05, 0.1) is 0 Å². The van der Waals surface area contributed by atoms with Gasteiger partial charge in [0.25, 0.3) is 0 Å². The predicted octanol–water partition coefficient (Wildman–Crippen LogP) is 9.52. The summed E-state index contributed by atoms with van der Waals surface area (Å²) < 4.78 is 0. The summed E-state index contributed by atoms with van der Waals surface area (Å²) in [4.78, 5) is 2.60. The third-order valence-corrected chi connectivity index (χ3v) is 7.37. The third kappa shape index (κ3) is 3.98. The number of hydrogen-bond donors (Lipinski definition) is 0. The smallest absolute Gasteiger partial charge is 0.0460 e. The third-order valence-electron chi connectivity index (χ3n) is 7.37.